The van der Waals surface area contributed by atoms with Crippen LogP contribution < -0.4 is 5.32 Å². The smallest absolute Gasteiger partial charge is 0.219 e. The summed E-state index contributed by atoms with van der Waals surface area (Å²) in [7, 11) is 0. The van der Waals surface area contributed by atoms with E-state index < -0.39 is 0 Å². The highest BCUT2D eigenvalue weighted by Gasteiger charge is 2.43. The van der Waals surface area contributed by atoms with Gasteiger partial charge in [-0.3, -0.25) is 4.79 Å². The fourth-order valence-electron chi connectivity index (χ4n) is 3.84. The molecule has 1 N–H and O–H groups in total. The van der Waals surface area contributed by atoms with Gasteiger partial charge in [-0.1, -0.05) is 43.2 Å². The van der Waals surface area contributed by atoms with Crippen molar-refractivity contribution >= 4 is 5.91 Å². The minimum absolute atomic E-state index is 0.223. The number of amides is 1. The van der Waals surface area contributed by atoms with Crippen LogP contribution in [-0.2, 0) is 4.79 Å². The van der Waals surface area contributed by atoms with Gasteiger partial charge in [0, 0.05) is 31.5 Å². The first-order valence-electron chi connectivity index (χ1n) is 7.83. The molecule has 0 aromatic heterocycles. The van der Waals surface area contributed by atoms with Crippen molar-refractivity contribution < 1.29 is 4.79 Å². The molecule has 2 unspecified atom stereocenters. The van der Waals surface area contributed by atoms with E-state index >= 15 is 0 Å². The predicted molar refractivity (Wildman–Crippen MR) is 80.6 cm³/mol. The Hall–Kier alpha value is -1.35. The third-order valence-corrected chi connectivity index (χ3v) is 4.83. The lowest BCUT2D eigenvalue weighted by Crippen LogP contribution is -2.46. The molecular formula is C17H24N2O. The zero-order valence-corrected chi connectivity index (χ0v) is 12.2. The molecular weight excluding hydrogens is 248 g/mol. The van der Waals surface area contributed by atoms with E-state index in [9.17, 15) is 4.79 Å². The van der Waals surface area contributed by atoms with Crippen molar-refractivity contribution in [3.8, 4) is 0 Å². The Bertz CT molecular complexity index is 459. The van der Waals surface area contributed by atoms with Crippen LogP contribution in [0.15, 0.2) is 30.3 Å². The minimum Gasteiger partial charge on any atom is -0.338 e. The number of carbonyl (C=O) groups excluding carboxylic acids is 1. The quantitative estimate of drug-likeness (QED) is 0.852. The number of hydrogen-bond donors (Lipinski definition) is 1. The third kappa shape index (κ3) is 2.59. The molecule has 1 amide bonds. The molecule has 1 aromatic rings. The van der Waals surface area contributed by atoms with Crippen LogP contribution in [0.2, 0.25) is 0 Å². The number of carbonyl (C=O) groups is 1. The van der Waals surface area contributed by atoms with Crippen molar-refractivity contribution in [3.05, 3.63) is 35.9 Å². The maximum absolute atomic E-state index is 12.0. The van der Waals surface area contributed by atoms with E-state index in [1.54, 1.807) is 6.92 Å². The van der Waals surface area contributed by atoms with Crippen molar-refractivity contribution in [2.75, 3.05) is 13.1 Å². The molecule has 0 bridgehead atoms. The van der Waals surface area contributed by atoms with Crippen LogP contribution in [0.5, 0.6) is 0 Å². The highest BCUT2D eigenvalue weighted by molar-refractivity contribution is 5.74. The molecule has 1 aromatic carbocycles. The molecule has 3 rings (SSSR count). The van der Waals surface area contributed by atoms with Gasteiger partial charge in [0.1, 0.15) is 0 Å². The maximum Gasteiger partial charge on any atom is 0.219 e. The lowest BCUT2D eigenvalue weighted by molar-refractivity contribution is -0.130. The molecule has 108 valence electrons. The van der Waals surface area contributed by atoms with Crippen molar-refractivity contribution in [1.29, 1.82) is 0 Å². The van der Waals surface area contributed by atoms with E-state index in [0.29, 0.717) is 18.0 Å². The molecule has 2 heterocycles. The van der Waals surface area contributed by atoms with Gasteiger partial charge in [-0.15, -0.1) is 0 Å². The second kappa shape index (κ2) is 5.96. The number of likely N-dealkylation sites (tertiary alicyclic amines) is 1. The standard InChI is InChI=1S/C17H24N2O/c1-13(20)19-12-15(14-8-4-2-5-9-14)17-16(19)10-6-3-7-11-18-17/h2,4-5,8-9,15-18H,3,6-7,10-12H2,1H3/t15-,16?,17?/m0/s1. The SMILES string of the molecule is CC(=O)N1C[C@@H](c2ccccc2)C2NCCCCCC21. The zero-order valence-electron chi connectivity index (χ0n) is 12.2. The number of nitrogens with zero attached hydrogens (tertiary/aromatic N) is 1. The summed E-state index contributed by atoms with van der Waals surface area (Å²) in [6, 6.07) is 11.5. The maximum atomic E-state index is 12.0. The summed E-state index contributed by atoms with van der Waals surface area (Å²) in [4.78, 5) is 14.1. The van der Waals surface area contributed by atoms with Crippen molar-refractivity contribution in [2.45, 2.75) is 50.6 Å². The fraction of sp³-hybridized carbons (Fsp3) is 0.588. The summed E-state index contributed by atoms with van der Waals surface area (Å²) in [5.41, 5.74) is 1.36. The molecule has 2 aliphatic rings. The van der Waals surface area contributed by atoms with Gasteiger partial charge in [-0.25, -0.2) is 0 Å². The van der Waals surface area contributed by atoms with Crippen LogP contribution in [0.4, 0.5) is 0 Å². The van der Waals surface area contributed by atoms with E-state index in [4.69, 9.17) is 0 Å². The number of rotatable bonds is 1. The van der Waals surface area contributed by atoms with Crippen LogP contribution in [-0.4, -0.2) is 36.0 Å². The van der Waals surface area contributed by atoms with E-state index in [1.165, 1.54) is 24.8 Å². The van der Waals surface area contributed by atoms with Gasteiger partial charge in [0.05, 0.1) is 0 Å². The average Bonchev–Trinajstić information content (AvgIpc) is 2.77. The lowest BCUT2D eigenvalue weighted by Gasteiger charge is -2.30. The van der Waals surface area contributed by atoms with Gasteiger partial charge in [0.15, 0.2) is 0 Å². The van der Waals surface area contributed by atoms with Crippen molar-refractivity contribution in [3.63, 3.8) is 0 Å². The van der Waals surface area contributed by atoms with Gasteiger partial charge in [0.2, 0.25) is 5.91 Å². The third-order valence-electron chi connectivity index (χ3n) is 4.83. The monoisotopic (exact) mass is 272 g/mol. The van der Waals surface area contributed by atoms with Crippen LogP contribution in [0, 0.1) is 0 Å². The number of nitrogens with one attached hydrogen (secondary N) is 1. The molecule has 0 saturated carbocycles. The predicted octanol–water partition coefficient (Wildman–Crippen LogP) is 2.53. The van der Waals surface area contributed by atoms with Gasteiger partial charge < -0.3 is 10.2 Å². The second-order valence-corrected chi connectivity index (χ2v) is 6.09. The minimum atomic E-state index is 0.223. The highest BCUT2D eigenvalue weighted by Crippen LogP contribution is 2.35. The van der Waals surface area contributed by atoms with Gasteiger partial charge in [0.25, 0.3) is 0 Å². The molecule has 0 radical (unpaired) electrons. The average molecular weight is 272 g/mol. The van der Waals surface area contributed by atoms with E-state index in [1.807, 2.05) is 0 Å². The summed E-state index contributed by atoms with van der Waals surface area (Å²) in [5.74, 6) is 0.656. The van der Waals surface area contributed by atoms with Crippen LogP contribution in [0.1, 0.15) is 44.1 Å². The summed E-state index contributed by atoms with van der Waals surface area (Å²) < 4.78 is 0. The van der Waals surface area contributed by atoms with E-state index in [-0.39, 0.29) is 5.91 Å². The molecule has 2 saturated heterocycles. The van der Waals surface area contributed by atoms with Crippen LogP contribution >= 0.6 is 0 Å². The Labute approximate surface area is 121 Å². The Morgan fingerprint density at radius 1 is 1.20 bits per heavy atom. The Balaban J connectivity index is 1.88. The topological polar surface area (TPSA) is 32.3 Å². The normalized spacial score (nSPS) is 30.4. The zero-order chi connectivity index (χ0) is 13.9. The fourth-order valence-corrected chi connectivity index (χ4v) is 3.84. The molecule has 0 spiro atoms. The van der Waals surface area contributed by atoms with Crippen LogP contribution in [0.3, 0.4) is 0 Å². The molecule has 3 heteroatoms. The molecule has 3 atom stereocenters. The van der Waals surface area contributed by atoms with Crippen LogP contribution in [0.25, 0.3) is 0 Å². The molecule has 0 aliphatic carbocycles. The van der Waals surface area contributed by atoms with Crippen molar-refractivity contribution in [2.24, 2.45) is 0 Å². The Morgan fingerprint density at radius 3 is 2.75 bits per heavy atom. The van der Waals surface area contributed by atoms with Gasteiger partial charge in [-0.2, -0.15) is 0 Å². The van der Waals surface area contributed by atoms with Crippen molar-refractivity contribution in [1.82, 2.24) is 10.2 Å². The van der Waals surface area contributed by atoms with Gasteiger partial charge in [-0.05, 0) is 24.9 Å². The summed E-state index contributed by atoms with van der Waals surface area (Å²) in [5, 5.41) is 3.72. The molecule has 3 nitrogen and oxygen atoms in total. The highest BCUT2D eigenvalue weighted by atomic mass is 16.2. The summed E-state index contributed by atoms with van der Waals surface area (Å²) >= 11 is 0. The van der Waals surface area contributed by atoms with E-state index in [2.05, 4.69) is 40.5 Å². The molecule has 20 heavy (non-hydrogen) atoms. The van der Waals surface area contributed by atoms with Gasteiger partial charge >= 0.3 is 0 Å². The Kier molecular flexibility index (Phi) is 4.06. The second-order valence-electron chi connectivity index (χ2n) is 6.09. The first kappa shape index (κ1) is 13.6. The Morgan fingerprint density at radius 2 is 2.00 bits per heavy atom. The number of benzene rings is 1. The summed E-state index contributed by atoms with van der Waals surface area (Å²) in [6.45, 7) is 3.65. The lowest BCUT2D eigenvalue weighted by atomic mass is 9.88. The van der Waals surface area contributed by atoms with E-state index in [0.717, 1.165) is 19.5 Å². The number of fused-ring (bicyclic) bond motifs is 1. The largest absolute Gasteiger partial charge is 0.338 e. The molecule has 2 fully saturated rings. The first-order valence-corrected chi connectivity index (χ1v) is 7.83. The summed E-state index contributed by atoms with van der Waals surface area (Å²) in [6.07, 6.45) is 4.91. The molecule has 2 aliphatic heterocycles. The number of hydrogen-bond acceptors (Lipinski definition) is 2. The first-order chi connectivity index (χ1) is 9.77.